The Morgan fingerprint density at radius 1 is 1.45 bits per heavy atom. The number of benzene rings is 1. The van der Waals surface area contributed by atoms with Crippen LogP contribution in [0.25, 0.3) is 0 Å². The van der Waals surface area contributed by atoms with E-state index in [2.05, 4.69) is 13.0 Å². The first-order valence-corrected chi connectivity index (χ1v) is 9.63. The van der Waals surface area contributed by atoms with Gasteiger partial charge in [-0.2, -0.15) is 0 Å². The Bertz CT molecular complexity index is 573. The maximum atomic E-state index is 11.6. The van der Waals surface area contributed by atoms with E-state index in [-0.39, 0.29) is 0 Å². The van der Waals surface area contributed by atoms with Gasteiger partial charge in [0.25, 0.3) is 0 Å². The molecule has 1 aromatic rings. The van der Waals surface area contributed by atoms with E-state index in [1.165, 1.54) is 11.8 Å². The summed E-state index contributed by atoms with van der Waals surface area (Å²) in [5.74, 6) is 1.32. The molecule has 1 saturated heterocycles. The number of hydrogen-bond acceptors (Lipinski definition) is 4. The second-order valence-electron chi connectivity index (χ2n) is 5.48. The summed E-state index contributed by atoms with van der Waals surface area (Å²) in [5.41, 5.74) is 7.97. The van der Waals surface area contributed by atoms with E-state index in [0.717, 1.165) is 29.2 Å². The van der Waals surface area contributed by atoms with Crippen LogP contribution in [0, 0.1) is 12.8 Å². The van der Waals surface area contributed by atoms with Crippen molar-refractivity contribution in [1.29, 1.82) is 0 Å². The number of nitrogens with two attached hydrogens (primary N) is 1. The third-order valence-electron chi connectivity index (χ3n) is 3.59. The second-order valence-corrected chi connectivity index (χ2v) is 8.53. The van der Waals surface area contributed by atoms with Crippen LogP contribution in [0.1, 0.15) is 18.4 Å². The van der Waals surface area contributed by atoms with Crippen molar-refractivity contribution in [1.82, 2.24) is 4.31 Å². The molecule has 2 rings (SSSR count). The zero-order valence-corrected chi connectivity index (χ0v) is 13.6. The van der Waals surface area contributed by atoms with Crippen molar-refractivity contribution < 1.29 is 8.42 Å². The molecule has 0 spiro atoms. The summed E-state index contributed by atoms with van der Waals surface area (Å²) in [4.78, 5) is 1.10. The highest BCUT2D eigenvalue weighted by Crippen LogP contribution is 2.30. The number of sulfonamides is 1. The topological polar surface area (TPSA) is 63.4 Å². The van der Waals surface area contributed by atoms with Gasteiger partial charge in [0, 0.05) is 29.4 Å². The predicted octanol–water partition coefficient (Wildman–Crippen LogP) is 2.34. The third-order valence-corrected chi connectivity index (χ3v) is 6.17. The van der Waals surface area contributed by atoms with Crippen LogP contribution < -0.4 is 5.73 Å². The Morgan fingerprint density at radius 2 is 2.20 bits per heavy atom. The number of hydrogen-bond donors (Lipinski definition) is 1. The molecule has 1 atom stereocenters. The van der Waals surface area contributed by atoms with Gasteiger partial charge in [0.1, 0.15) is 0 Å². The van der Waals surface area contributed by atoms with Crippen molar-refractivity contribution in [3.05, 3.63) is 23.8 Å². The van der Waals surface area contributed by atoms with Gasteiger partial charge >= 0.3 is 0 Å². The molecule has 1 aliphatic heterocycles. The molecule has 1 heterocycles. The van der Waals surface area contributed by atoms with Gasteiger partial charge in [-0.05, 0) is 43.4 Å². The molecule has 4 nitrogen and oxygen atoms in total. The lowest BCUT2D eigenvalue weighted by Gasteiger charge is -2.30. The van der Waals surface area contributed by atoms with Crippen LogP contribution in [0.2, 0.25) is 0 Å². The van der Waals surface area contributed by atoms with E-state index >= 15 is 0 Å². The van der Waals surface area contributed by atoms with Crippen LogP contribution in [-0.4, -0.2) is 37.8 Å². The van der Waals surface area contributed by atoms with Crippen molar-refractivity contribution in [2.24, 2.45) is 5.92 Å². The fraction of sp³-hybridized carbons (Fsp3) is 0.571. The molecule has 0 bridgehead atoms. The average molecular weight is 314 g/mol. The molecule has 1 fully saturated rings. The van der Waals surface area contributed by atoms with E-state index in [9.17, 15) is 8.42 Å². The first-order valence-electron chi connectivity index (χ1n) is 6.80. The molecule has 2 N–H and O–H groups in total. The zero-order chi connectivity index (χ0) is 14.8. The lowest BCUT2D eigenvalue weighted by molar-refractivity contribution is 0.286. The number of rotatable bonds is 4. The molecule has 0 aliphatic carbocycles. The smallest absolute Gasteiger partial charge is 0.211 e. The monoisotopic (exact) mass is 314 g/mol. The van der Waals surface area contributed by atoms with E-state index in [1.54, 1.807) is 16.1 Å². The lowest BCUT2D eigenvalue weighted by atomic mass is 10.0. The summed E-state index contributed by atoms with van der Waals surface area (Å²) in [5, 5.41) is 0. The van der Waals surface area contributed by atoms with Gasteiger partial charge in [-0.3, -0.25) is 0 Å². The minimum atomic E-state index is -3.06. The number of piperidine rings is 1. The Morgan fingerprint density at radius 3 is 2.90 bits per heavy atom. The first kappa shape index (κ1) is 15.7. The molecule has 0 radical (unpaired) electrons. The highest BCUT2D eigenvalue weighted by atomic mass is 32.2. The average Bonchev–Trinajstić information content (AvgIpc) is 2.39. The number of thioether (sulfide) groups is 1. The van der Waals surface area contributed by atoms with Crippen LogP contribution in [0.4, 0.5) is 5.69 Å². The van der Waals surface area contributed by atoms with E-state index in [0.29, 0.717) is 19.0 Å². The Kier molecular flexibility index (Phi) is 4.99. The molecule has 112 valence electrons. The maximum Gasteiger partial charge on any atom is 0.211 e. The zero-order valence-electron chi connectivity index (χ0n) is 12.0. The van der Waals surface area contributed by atoms with Crippen molar-refractivity contribution in [3.8, 4) is 0 Å². The minimum absolute atomic E-state index is 0.406. The first-order chi connectivity index (χ1) is 9.36. The molecule has 6 heteroatoms. The van der Waals surface area contributed by atoms with Gasteiger partial charge in [0.15, 0.2) is 0 Å². The van der Waals surface area contributed by atoms with Crippen LogP contribution in [0.5, 0.6) is 0 Å². The van der Waals surface area contributed by atoms with Crippen LogP contribution in [0.15, 0.2) is 23.1 Å². The van der Waals surface area contributed by atoms with E-state index < -0.39 is 10.0 Å². The van der Waals surface area contributed by atoms with Crippen molar-refractivity contribution in [2.45, 2.75) is 24.7 Å². The molecule has 0 amide bonds. The number of anilines is 1. The third kappa shape index (κ3) is 4.14. The van der Waals surface area contributed by atoms with Crippen LogP contribution in [-0.2, 0) is 10.0 Å². The van der Waals surface area contributed by atoms with E-state index in [1.807, 2.05) is 12.1 Å². The Balaban J connectivity index is 1.95. The lowest BCUT2D eigenvalue weighted by Crippen LogP contribution is -2.39. The molecule has 0 aromatic heterocycles. The van der Waals surface area contributed by atoms with Crippen molar-refractivity contribution in [3.63, 3.8) is 0 Å². The van der Waals surface area contributed by atoms with Gasteiger partial charge in [0.05, 0.1) is 6.26 Å². The molecule has 1 aliphatic rings. The summed E-state index contributed by atoms with van der Waals surface area (Å²) in [6, 6.07) is 6.03. The predicted molar refractivity (Wildman–Crippen MR) is 85.5 cm³/mol. The minimum Gasteiger partial charge on any atom is -0.398 e. The fourth-order valence-corrected chi connectivity index (χ4v) is 4.57. The van der Waals surface area contributed by atoms with Crippen LogP contribution >= 0.6 is 11.8 Å². The van der Waals surface area contributed by atoms with Gasteiger partial charge < -0.3 is 5.73 Å². The summed E-state index contributed by atoms with van der Waals surface area (Å²) in [7, 11) is -3.06. The van der Waals surface area contributed by atoms with Crippen molar-refractivity contribution >= 4 is 27.5 Å². The van der Waals surface area contributed by atoms with Gasteiger partial charge in [-0.1, -0.05) is 6.07 Å². The largest absolute Gasteiger partial charge is 0.398 e. The summed E-state index contributed by atoms with van der Waals surface area (Å²) >= 11 is 1.73. The molecule has 20 heavy (non-hydrogen) atoms. The van der Waals surface area contributed by atoms with Gasteiger partial charge in [0.2, 0.25) is 10.0 Å². The highest BCUT2D eigenvalue weighted by molar-refractivity contribution is 7.99. The van der Waals surface area contributed by atoms with Crippen LogP contribution in [0.3, 0.4) is 0 Å². The second kappa shape index (κ2) is 6.37. The molecule has 1 aromatic carbocycles. The normalized spacial score (nSPS) is 21.0. The van der Waals surface area contributed by atoms with Crippen molar-refractivity contribution in [2.75, 3.05) is 30.8 Å². The summed E-state index contributed by atoms with van der Waals surface area (Å²) < 4.78 is 24.8. The van der Waals surface area contributed by atoms with Gasteiger partial charge in [-0.15, -0.1) is 11.8 Å². The standard InChI is InChI=1S/C14H22N2O2S2/c1-11-5-6-13(15)14(8-11)19-10-12-4-3-7-16(9-12)20(2,17)18/h5-6,8,12H,3-4,7,9-10,15H2,1-2H3. The van der Waals surface area contributed by atoms with E-state index in [4.69, 9.17) is 5.73 Å². The highest BCUT2D eigenvalue weighted by Gasteiger charge is 2.25. The summed E-state index contributed by atoms with van der Waals surface area (Å²) in [6.07, 6.45) is 3.33. The van der Waals surface area contributed by atoms with Gasteiger partial charge in [-0.25, -0.2) is 12.7 Å². The Labute approximate surface area is 125 Å². The fourth-order valence-electron chi connectivity index (χ4n) is 2.44. The number of aryl methyl sites for hydroxylation is 1. The number of nitrogen functional groups attached to an aromatic ring is 1. The maximum absolute atomic E-state index is 11.6. The molecular weight excluding hydrogens is 292 g/mol. The molecule has 0 saturated carbocycles. The summed E-state index contributed by atoms with van der Waals surface area (Å²) in [6.45, 7) is 3.35. The molecule has 1 unspecified atom stereocenters. The number of nitrogens with zero attached hydrogens (tertiary/aromatic N) is 1. The SMILES string of the molecule is Cc1ccc(N)c(SCC2CCCN(S(C)(=O)=O)C2)c1. The molecular formula is C14H22N2O2S2. The quantitative estimate of drug-likeness (QED) is 0.684. The Hall–Kier alpha value is -0.720.